The van der Waals surface area contributed by atoms with Gasteiger partial charge in [-0.05, 0) is 13.8 Å². The second-order valence-electron chi connectivity index (χ2n) is 1.38. The van der Waals surface area contributed by atoms with Crippen LogP contribution in [0.25, 0.3) is 0 Å². The number of hydrogen-bond donors (Lipinski definition) is 3. The molecule has 4 N–H and O–H groups in total. The lowest BCUT2D eigenvalue weighted by atomic mass is 10.8. The lowest BCUT2D eigenvalue weighted by Gasteiger charge is -1.89. The average molecular weight is 151 g/mol. The van der Waals surface area contributed by atoms with E-state index in [0.717, 1.165) is 0 Å². The summed E-state index contributed by atoms with van der Waals surface area (Å²) in [4.78, 5) is 9.60. The van der Waals surface area contributed by atoms with Gasteiger partial charge in [-0.2, -0.15) is 0 Å². The van der Waals surface area contributed by atoms with E-state index in [0.29, 0.717) is 6.61 Å². The SMILES string of the molecule is CC(O)O.CCOC(N)=O. The van der Waals surface area contributed by atoms with E-state index < -0.39 is 12.4 Å². The van der Waals surface area contributed by atoms with Gasteiger partial charge in [-0.3, -0.25) is 0 Å². The van der Waals surface area contributed by atoms with Crippen molar-refractivity contribution < 1.29 is 19.7 Å². The second kappa shape index (κ2) is 8.19. The highest BCUT2D eigenvalue weighted by molar-refractivity contribution is 5.64. The molecule has 0 unspecified atom stereocenters. The zero-order chi connectivity index (χ0) is 8.57. The number of aliphatic hydroxyl groups is 2. The summed E-state index contributed by atoms with van der Waals surface area (Å²) in [6.07, 6.45) is -1.88. The summed E-state index contributed by atoms with van der Waals surface area (Å²) in [6, 6.07) is 0. The van der Waals surface area contributed by atoms with Crippen LogP contribution in [0.1, 0.15) is 13.8 Å². The summed E-state index contributed by atoms with van der Waals surface area (Å²) >= 11 is 0. The van der Waals surface area contributed by atoms with Gasteiger partial charge in [0.2, 0.25) is 0 Å². The molecule has 62 valence electrons. The van der Waals surface area contributed by atoms with Crippen molar-refractivity contribution in [3.05, 3.63) is 0 Å². The van der Waals surface area contributed by atoms with Crippen LogP contribution in [0.4, 0.5) is 4.79 Å². The predicted molar refractivity (Wildman–Crippen MR) is 35.1 cm³/mol. The zero-order valence-corrected chi connectivity index (χ0v) is 6.07. The number of amides is 1. The molecule has 0 atom stereocenters. The molecule has 0 saturated heterocycles. The molecule has 0 radical (unpaired) electrons. The molecule has 0 aromatic carbocycles. The van der Waals surface area contributed by atoms with E-state index in [4.69, 9.17) is 10.2 Å². The van der Waals surface area contributed by atoms with E-state index in [1.807, 2.05) is 0 Å². The van der Waals surface area contributed by atoms with Crippen molar-refractivity contribution in [1.82, 2.24) is 0 Å². The highest BCUT2D eigenvalue weighted by Gasteiger charge is 1.82. The van der Waals surface area contributed by atoms with Gasteiger partial charge >= 0.3 is 6.09 Å². The molecular weight excluding hydrogens is 138 g/mol. The molecule has 0 rings (SSSR count). The Morgan fingerprint density at radius 3 is 2.00 bits per heavy atom. The van der Waals surface area contributed by atoms with Crippen LogP contribution in [0.15, 0.2) is 0 Å². The summed E-state index contributed by atoms with van der Waals surface area (Å²) in [5.41, 5.74) is 4.54. The Labute approximate surface area is 59.4 Å². The molecule has 10 heavy (non-hydrogen) atoms. The maximum absolute atomic E-state index is 9.60. The summed E-state index contributed by atoms with van der Waals surface area (Å²) < 4.78 is 4.18. The second-order valence-corrected chi connectivity index (χ2v) is 1.38. The minimum Gasteiger partial charge on any atom is -0.450 e. The molecule has 0 aromatic rings. The number of aliphatic hydroxyl groups excluding tert-OH is 1. The Bertz CT molecular complexity index is 81.0. The number of carbonyl (C=O) groups is 1. The van der Waals surface area contributed by atoms with Crippen LogP contribution in [0.2, 0.25) is 0 Å². The summed E-state index contributed by atoms with van der Waals surface area (Å²) in [6.45, 7) is 3.33. The average Bonchev–Trinajstić information content (AvgIpc) is 1.62. The van der Waals surface area contributed by atoms with Gasteiger partial charge in [-0.1, -0.05) is 0 Å². The fourth-order valence-corrected chi connectivity index (χ4v) is 0.142. The van der Waals surface area contributed by atoms with Crippen LogP contribution < -0.4 is 5.73 Å². The van der Waals surface area contributed by atoms with E-state index in [2.05, 4.69) is 10.5 Å². The van der Waals surface area contributed by atoms with Gasteiger partial charge < -0.3 is 20.7 Å². The molecule has 0 fully saturated rings. The standard InChI is InChI=1S/C3H7NO2.C2H6O2/c1-2-6-3(4)5;1-2(3)4/h2H2,1H3,(H2,4,5);2-4H,1H3. The minimum atomic E-state index is -1.17. The summed E-state index contributed by atoms with van der Waals surface area (Å²) in [5, 5.41) is 15.2. The first-order valence-electron chi connectivity index (χ1n) is 2.79. The molecule has 0 saturated carbocycles. The first kappa shape index (κ1) is 11.9. The molecular formula is C5H13NO4. The molecule has 0 aromatic heterocycles. The Morgan fingerprint density at radius 2 is 2.00 bits per heavy atom. The van der Waals surface area contributed by atoms with E-state index in [1.54, 1.807) is 6.92 Å². The third-order valence-electron chi connectivity index (χ3n) is 0.287. The quantitative estimate of drug-likeness (QED) is 0.437. The van der Waals surface area contributed by atoms with Gasteiger partial charge in [-0.15, -0.1) is 0 Å². The van der Waals surface area contributed by atoms with Gasteiger partial charge in [-0.25, -0.2) is 4.79 Å². The molecule has 0 aliphatic rings. The van der Waals surface area contributed by atoms with Crippen LogP contribution in [0, 0.1) is 0 Å². The Balaban J connectivity index is 0. The number of hydrogen-bond acceptors (Lipinski definition) is 4. The van der Waals surface area contributed by atoms with E-state index in [-0.39, 0.29) is 0 Å². The Kier molecular flexibility index (Phi) is 9.77. The van der Waals surface area contributed by atoms with Crippen LogP contribution >= 0.6 is 0 Å². The highest BCUT2D eigenvalue weighted by Crippen LogP contribution is 1.66. The number of primary amides is 1. The Hall–Kier alpha value is -0.810. The van der Waals surface area contributed by atoms with Crippen molar-refractivity contribution in [3.63, 3.8) is 0 Å². The van der Waals surface area contributed by atoms with Gasteiger partial charge in [0.15, 0.2) is 0 Å². The van der Waals surface area contributed by atoms with Crippen molar-refractivity contribution in [1.29, 1.82) is 0 Å². The topological polar surface area (TPSA) is 92.8 Å². The van der Waals surface area contributed by atoms with E-state index in [9.17, 15) is 4.79 Å². The lowest BCUT2D eigenvalue weighted by molar-refractivity contribution is -0.0228. The van der Waals surface area contributed by atoms with Gasteiger partial charge in [0, 0.05) is 0 Å². The largest absolute Gasteiger partial charge is 0.450 e. The van der Waals surface area contributed by atoms with Crippen molar-refractivity contribution in [2.75, 3.05) is 6.61 Å². The highest BCUT2D eigenvalue weighted by atomic mass is 16.5. The molecule has 0 aliphatic heterocycles. The molecule has 0 aliphatic carbocycles. The van der Waals surface area contributed by atoms with Crippen molar-refractivity contribution in [2.45, 2.75) is 20.1 Å². The number of carbonyl (C=O) groups excluding carboxylic acids is 1. The number of rotatable bonds is 1. The lowest BCUT2D eigenvalue weighted by Crippen LogP contribution is -2.11. The predicted octanol–water partition coefficient (Wildman–Crippen LogP) is -0.581. The van der Waals surface area contributed by atoms with Crippen molar-refractivity contribution in [3.8, 4) is 0 Å². The number of ether oxygens (including phenoxy) is 1. The van der Waals surface area contributed by atoms with Crippen LogP contribution in [-0.2, 0) is 4.74 Å². The van der Waals surface area contributed by atoms with E-state index >= 15 is 0 Å². The first-order chi connectivity index (χ1) is 4.50. The minimum absolute atomic E-state index is 0.356. The smallest absolute Gasteiger partial charge is 0.404 e. The van der Waals surface area contributed by atoms with Crippen molar-refractivity contribution >= 4 is 6.09 Å². The molecule has 1 amide bonds. The first-order valence-corrected chi connectivity index (χ1v) is 2.79. The molecule has 5 heteroatoms. The Morgan fingerprint density at radius 1 is 1.70 bits per heavy atom. The van der Waals surface area contributed by atoms with Crippen LogP contribution in [0.3, 0.4) is 0 Å². The molecule has 0 spiro atoms. The van der Waals surface area contributed by atoms with Gasteiger partial charge in [0.25, 0.3) is 0 Å². The fraction of sp³-hybridized carbons (Fsp3) is 0.800. The molecule has 0 bridgehead atoms. The van der Waals surface area contributed by atoms with E-state index in [1.165, 1.54) is 6.92 Å². The van der Waals surface area contributed by atoms with Gasteiger partial charge in [0.1, 0.15) is 6.29 Å². The fourth-order valence-electron chi connectivity index (χ4n) is 0.142. The third kappa shape index (κ3) is 57.4. The zero-order valence-electron chi connectivity index (χ0n) is 6.07. The van der Waals surface area contributed by atoms with Gasteiger partial charge in [0.05, 0.1) is 6.61 Å². The van der Waals surface area contributed by atoms with Crippen LogP contribution in [0.5, 0.6) is 0 Å². The summed E-state index contributed by atoms with van der Waals surface area (Å²) in [7, 11) is 0. The third-order valence-corrected chi connectivity index (χ3v) is 0.287. The van der Waals surface area contributed by atoms with Crippen molar-refractivity contribution in [2.24, 2.45) is 5.73 Å². The number of nitrogens with two attached hydrogens (primary N) is 1. The molecule has 5 nitrogen and oxygen atoms in total. The normalized spacial score (nSPS) is 8.10. The maximum Gasteiger partial charge on any atom is 0.404 e. The van der Waals surface area contributed by atoms with Crippen LogP contribution in [-0.4, -0.2) is 29.2 Å². The summed E-state index contributed by atoms with van der Waals surface area (Å²) in [5.74, 6) is 0. The molecule has 0 heterocycles. The maximum atomic E-state index is 9.60. The monoisotopic (exact) mass is 151 g/mol.